The maximum Gasteiger partial charge on any atom is 0.0234 e. The zero-order valence-corrected chi connectivity index (χ0v) is 20.3. The van der Waals surface area contributed by atoms with Gasteiger partial charge in [0.05, 0.1) is 0 Å². The molecule has 0 aliphatic carbocycles. The van der Waals surface area contributed by atoms with Crippen molar-refractivity contribution in [1.29, 1.82) is 0 Å². The summed E-state index contributed by atoms with van der Waals surface area (Å²) in [6, 6.07) is 9.46. The van der Waals surface area contributed by atoms with E-state index in [-0.39, 0.29) is 0 Å². The summed E-state index contributed by atoms with van der Waals surface area (Å²) < 4.78 is 0. The number of hydrogen-bond acceptors (Lipinski definition) is 6. The van der Waals surface area contributed by atoms with Crippen LogP contribution in [0.2, 0.25) is 0 Å². The molecular weight excluding hydrogens is 396 g/mol. The predicted octanol–water partition coefficient (Wildman–Crippen LogP) is 2.02. The van der Waals surface area contributed by atoms with Crippen molar-refractivity contribution in [2.45, 2.75) is 51.6 Å². The van der Waals surface area contributed by atoms with E-state index < -0.39 is 0 Å². The average molecular weight is 445 g/mol. The van der Waals surface area contributed by atoms with E-state index in [0.29, 0.717) is 0 Å². The van der Waals surface area contributed by atoms with Gasteiger partial charge in [0.1, 0.15) is 0 Å². The van der Waals surface area contributed by atoms with Crippen molar-refractivity contribution in [2.75, 3.05) is 78.5 Å². The maximum absolute atomic E-state index is 3.58. The van der Waals surface area contributed by atoms with Gasteiger partial charge in [0.25, 0.3) is 0 Å². The molecule has 6 nitrogen and oxygen atoms in total. The minimum atomic E-state index is 1.07. The molecule has 2 aliphatic rings. The topological polar surface area (TPSA) is 54.6 Å². The zero-order chi connectivity index (χ0) is 22.1. The van der Waals surface area contributed by atoms with Crippen LogP contribution < -0.4 is 21.3 Å². The molecule has 0 atom stereocenters. The maximum atomic E-state index is 3.58. The molecule has 0 unspecified atom stereocenters. The number of nitrogens with zero attached hydrogens (tertiary/aromatic N) is 2. The van der Waals surface area contributed by atoms with E-state index in [4.69, 9.17) is 0 Å². The fourth-order valence-electron chi connectivity index (χ4n) is 4.66. The summed E-state index contributed by atoms with van der Waals surface area (Å²) in [4.78, 5) is 5.27. The third-order valence-electron chi connectivity index (χ3n) is 6.66. The van der Waals surface area contributed by atoms with Gasteiger partial charge in [-0.2, -0.15) is 0 Å². The van der Waals surface area contributed by atoms with Crippen LogP contribution >= 0.6 is 0 Å². The first-order valence-electron chi connectivity index (χ1n) is 13.3. The smallest absolute Gasteiger partial charge is 0.0234 e. The Kier molecular flexibility index (Phi) is 13.3. The molecule has 0 bridgehead atoms. The summed E-state index contributed by atoms with van der Waals surface area (Å²) in [5, 5.41) is 14.2. The number of rotatable bonds is 4. The van der Waals surface area contributed by atoms with Gasteiger partial charge in [-0.15, -0.1) is 0 Å². The Balaban J connectivity index is 1.46. The molecule has 0 aromatic heterocycles. The van der Waals surface area contributed by atoms with E-state index in [0.717, 1.165) is 78.5 Å². The van der Waals surface area contributed by atoms with Gasteiger partial charge in [0.15, 0.2) is 0 Å². The van der Waals surface area contributed by atoms with Crippen LogP contribution in [0.25, 0.3) is 0 Å². The van der Waals surface area contributed by atoms with Crippen molar-refractivity contribution in [2.24, 2.45) is 0 Å². The molecule has 2 aliphatic heterocycles. The van der Waals surface area contributed by atoms with Gasteiger partial charge in [0, 0.05) is 65.4 Å². The van der Waals surface area contributed by atoms with Crippen molar-refractivity contribution in [3.63, 3.8) is 0 Å². The minimum absolute atomic E-state index is 1.07. The first-order valence-corrected chi connectivity index (χ1v) is 13.3. The van der Waals surface area contributed by atoms with Crippen LogP contribution in [-0.4, -0.2) is 88.3 Å². The van der Waals surface area contributed by atoms with Gasteiger partial charge in [-0.05, 0) is 63.0 Å². The molecule has 1 aromatic carbocycles. The lowest BCUT2D eigenvalue weighted by Gasteiger charge is -2.25. The van der Waals surface area contributed by atoms with E-state index in [1.54, 1.807) is 0 Å². The highest BCUT2D eigenvalue weighted by Gasteiger charge is 2.09. The molecule has 2 fully saturated rings. The number of nitrogens with one attached hydrogen (secondary N) is 4. The fourth-order valence-corrected chi connectivity index (χ4v) is 4.66. The van der Waals surface area contributed by atoms with Crippen molar-refractivity contribution in [3.8, 4) is 0 Å². The van der Waals surface area contributed by atoms with E-state index in [9.17, 15) is 0 Å². The first kappa shape index (κ1) is 25.6. The first-order chi connectivity index (χ1) is 15.9. The second kappa shape index (κ2) is 16.6. The van der Waals surface area contributed by atoms with Crippen LogP contribution in [0, 0.1) is 0 Å². The summed E-state index contributed by atoms with van der Waals surface area (Å²) in [5.41, 5.74) is 2.90. The highest BCUT2D eigenvalue weighted by atomic mass is 15.1. The van der Waals surface area contributed by atoms with Crippen LogP contribution in [-0.2, 0) is 13.1 Å². The van der Waals surface area contributed by atoms with Crippen LogP contribution in [0.4, 0.5) is 0 Å². The summed E-state index contributed by atoms with van der Waals surface area (Å²) in [6.07, 6.45) is 7.86. The van der Waals surface area contributed by atoms with Crippen molar-refractivity contribution >= 4 is 0 Å². The molecule has 4 N–H and O–H groups in total. The van der Waals surface area contributed by atoms with Crippen LogP contribution in [0.3, 0.4) is 0 Å². The summed E-state index contributed by atoms with van der Waals surface area (Å²) >= 11 is 0. The van der Waals surface area contributed by atoms with Crippen molar-refractivity contribution in [1.82, 2.24) is 31.1 Å². The lowest BCUT2D eigenvalue weighted by atomic mass is 10.1. The molecular formula is C26H48N6. The Hall–Kier alpha value is -1.02. The molecule has 0 radical (unpaired) electrons. The largest absolute Gasteiger partial charge is 0.315 e. The SMILES string of the molecule is c1cc(CN2CCCCCNCCNCC2)ccc1CN1CCCCCNCCNCC1. The third-order valence-corrected chi connectivity index (χ3v) is 6.66. The molecule has 0 spiro atoms. The third kappa shape index (κ3) is 11.2. The Labute approximate surface area is 196 Å². The van der Waals surface area contributed by atoms with Crippen molar-refractivity contribution < 1.29 is 0 Å². The molecule has 2 heterocycles. The summed E-state index contributed by atoms with van der Waals surface area (Å²) in [6.45, 7) is 15.6. The van der Waals surface area contributed by atoms with Gasteiger partial charge >= 0.3 is 0 Å². The van der Waals surface area contributed by atoms with E-state index >= 15 is 0 Å². The Bertz CT molecular complexity index is 503. The Morgan fingerprint density at radius 2 is 0.844 bits per heavy atom. The highest BCUT2D eigenvalue weighted by Crippen LogP contribution is 2.12. The fraction of sp³-hybridized carbons (Fsp3) is 0.769. The normalized spacial score (nSPS) is 22.8. The van der Waals surface area contributed by atoms with Crippen LogP contribution in [0.15, 0.2) is 24.3 Å². The average Bonchev–Trinajstić information content (AvgIpc) is 2.79. The van der Waals surface area contributed by atoms with E-state index in [2.05, 4.69) is 55.3 Å². The summed E-state index contributed by atoms with van der Waals surface area (Å²) in [5.74, 6) is 0. The second-order valence-corrected chi connectivity index (χ2v) is 9.49. The summed E-state index contributed by atoms with van der Waals surface area (Å²) in [7, 11) is 0. The minimum Gasteiger partial charge on any atom is -0.315 e. The highest BCUT2D eigenvalue weighted by molar-refractivity contribution is 5.22. The molecule has 1 aromatic rings. The van der Waals surface area contributed by atoms with Gasteiger partial charge in [-0.1, -0.05) is 37.1 Å². The van der Waals surface area contributed by atoms with Gasteiger partial charge in [-0.3, -0.25) is 9.80 Å². The molecule has 182 valence electrons. The number of hydrogen-bond donors (Lipinski definition) is 4. The number of benzene rings is 1. The molecule has 6 heteroatoms. The van der Waals surface area contributed by atoms with Gasteiger partial charge in [0.2, 0.25) is 0 Å². The van der Waals surface area contributed by atoms with Crippen LogP contribution in [0.5, 0.6) is 0 Å². The molecule has 3 rings (SSSR count). The molecule has 0 amide bonds. The van der Waals surface area contributed by atoms with Gasteiger partial charge in [-0.25, -0.2) is 0 Å². The molecule has 0 saturated carbocycles. The van der Waals surface area contributed by atoms with Crippen molar-refractivity contribution in [3.05, 3.63) is 35.4 Å². The van der Waals surface area contributed by atoms with Crippen LogP contribution in [0.1, 0.15) is 49.7 Å². The predicted molar refractivity (Wildman–Crippen MR) is 136 cm³/mol. The van der Waals surface area contributed by atoms with E-state index in [1.807, 2.05) is 0 Å². The lowest BCUT2D eigenvalue weighted by Crippen LogP contribution is -2.36. The standard InChI is InChI=1S/C26H48N6/c1-3-11-27-13-15-29-17-21-31(19-5-1)23-25-7-9-26(10-8-25)24-32-20-6-2-4-12-28-14-16-30-18-22-32/h7-10,27-30H,1-6,11-24H2. The second-order valence-electron chi connectivity index (χ2n) is 9.49. The Morgan fingerprint density at radius 1 is 0.438 bits per heavy atom. The van der Waals surface area contributed by atoms with Gasteiger partial charge < -0.3 is 21.3 Å². The lowest BCUT2D eigenvalue weighted by molar-refractivity contribution is 0.255. The molecule has 32 heavy (non-hydrogen) atoms. The Morgan fingerprint density at radius 3 is 1.28 bits per heavy atom. The quantitative estimate of drug-likeness (QED) is 0.570. The monoisotopic (exact) mass is 444 g/mol. The van der Waals surface area contributed by atoms with E-state index in [1.165, 1.54) is 62.7 Å². The zero-order valence-electron chi connectivity index (χ0n) is 20.3. The molecule has 2 saturated heterocycles.